The van der Waals surface area contributed by atoms with Crippen LogP contribution in [0.2, 0.25) is 0 Å². The zero-order chi connectivity index (χ0) is 9.97. The molecule has 14 heavy (non-hydrogen) atoms. The van der Waals surface area contributed by atoms with Crippen LogP contribution in [0.15, 0.2) is 0 Å². The molecule has 1 atom stereocenters. The highest BCUT2D eigenvalue weighted by Crippen LogP contribution is 2.26. The van der Waals surface area contributed by atoms with E-state index in [1.165, 1.54) is 0 Å². The van der Waals surface area contributed by atoms with E-state index in [0.717, 1.165) is 32.5 Å². The summed E-state index contributed by atoms with van der Waals surface area (Å²) in [6.45, 7) is 3.57. The summed E-state index contributed by atoms with van der Waals surface area (Å²) in [7, 11) is 0. The van der Waals surface area contributed by atoms with Gasteiger partial charge in [0.1, 0.15) is 0 Å². The highest BCUT2D eigenvalue weighted by molar-refractivity contribution is 4.85. The van der Waals surface area contributed by atoms with Crippen LogP contribution in [0.5, 0.6) is 0 Å². The largest absolute Gasteiger partial charge is 0.317 e. The Balaban J connectivity index is 1.82. The zero-order valence-electron chi connectivity index (χ0n) is 8.38. The van der Waals surface area contributed by atoms with E-state index >= 15 is 0 Å². The average Bonchev–Trinajstić information content (AvgIpc) is 2.68. The summed E-state index contributed by atoms with van der Waals surface area (Å²) >= 11 is 0. The Morgan fingerprint density at radius 2 is 1.86 bits per heavy atom. The van der Waals surface area contributed by atoms with E-state index in [4.69, 9.17) is 0 Å². The second-order valence-electron chi connectivity index (χ2n) is 4.36. The van der Waals surface area contributed by atoms with Crippen molar-refractivity contribution in [1.29, 1.82) is 0 Å². The molecule has 2 fully saturated rings. The molecule has 2 aliphatic rings. The molecule has 0 unspecified atom stereocenters. The van der Waals surface area contributed by atoms with Crippen molar-refractivity contribution in [3.05, 3.63) is 0 Å². The van der Waals surface area contributed by atoms with Gasteiger partial charge in [-0.2, -0.15) is 0 Å². The van der Waals surface area contributed by atoms with Crippen LogP contribution in [-0.2, 0) is 0 Å². The molecule has 1 N–H and O–H groups in total. The monoisotopic (exact) mass is 204 g/mol. The molecule has 2 rings (SSSR count). The summed E-state index contributed by atoms with van der Waals surface area (Å²) in [5.41, 5.74) is 0. The number of hydrogen-bond acceptors (Lipinski definition) is 2. The maximum Gasteiger partial charge on any atom is 0.242 e. The predicted octanol–water partition coefficient (Wildman–Crippen LogP) is 1.33. The van der Waals surface area contributed by atoms with Crippen LogP contribution in [0, 0.1) is 5.92 Å². The molecule has 4 heteroatoms. The first-order valence-electron chi connectivity index (χ1n) is 5.50. The molecule has 0 amide bonds. The Bertz CT molecular complexity index is 181. The van der Waals surface area contributed by atoms with Crippen molar-refractivity contribution < 1.29 is 8.78 Å². The fraction of sp³-hybridized carbons (Fsp3) is 1.00. The minimum absolute atomic E-state index is 0.370. The van der Waals surface area contributed by atoms with Gasteiger partial charge in [-0.25, -0.2) is 8.78 Å². The first-order valence-corrected chi connectivity index (χ1v) is 5.50. The summed E-state index contributed by atoms with van der Waals surface area (Å²) in [5.74, 6) is -0.370. The van der Waals surface area contributed by atoms with E-state index in [-0.39, 0.29) is 5.92 Å². The molecule has 0 saturated carbocycles. The topological polar surface area (TPSA) is 15.3 Å². The fourth-order valence-electron chi connectivity index (χ4n) is 2.52. The fourth-order valence-corrected chi connectivity index (χ4v) is 2.52. The Labute approximate surface area is 83.7 Å². The predicted molar refractivity (Wildman–Crippen MR) is 51.6 cm³/mol. The van der Waals surface area contributed by atoms with Gasteiger partial charge in [0, 0.05) is 18.5 Å². The van der Waals surface area contributed by atoms with Gasteiger partial charge in [0.25, 0.3) is 0 Å². The van der Waals surface area contributed by atoms with E-state index < -0.39 is 6.43 Å². The number of nitrogens with zero attached hydrogens (tertiary/aromatic N) is 1. The van der Waals surface area contributed by atoms with Gasteiger partial charge >= 0.3 is 0 Å². The van der Waals surface area contributed by atoms with Crippen LogP contribution in [0.4, 0.5) is 8.78 Å². The Morgan fingerprint density at radius 1 is 1.14 bits per heavy atom. The summed E-state index contributed by atoms with van der Waals surface area (Å²) < 4.78 is 24.9. The molecule has 0 spiro atoms. The summed E-state index contributed by atoms with van der Waals surface area (Å²) in [6, 6.07) is 0.556. The van der Waals surface area contributed by atoms with Gasteiger partial charge in [-0.1, -0.05) is 0 Å². The highest BCUT2D eigenvalue weighted by Gasteiger charge is 2.33. The van der Waals surface area contributed by atoms with Crippen molar-refractivity contribution in [3.8, 4) is 0 Å². The number of alkyl halides is 2. The zero-order valence-corrected chi connectivity index (χ0v) is 8.38. The van der Waals surface area contributed by atoms with Gasteiger partial charge in [0.05, 0.1) is 0 Å². The summed E-state index contributed by atoms with van der Waals surface area (Å²) in [4.78, 5) is 2.26. The molecular weight excluding hydrogens is 186 g/mol. The smallest absolute Gasteiger partial charge is 0.242 e. The molecule has 2 heterocycles. The third-order valence-corrected chi connectivity index (χ3v) is 3.44. The number of halogens is 2. The molecule has 0 bridgehead atoms. The molecular formula is C10H18F2N2. The van der Waals surface area contributed by atoms with Gasteiger partial charge in [-0.05, 0) is 38.9 Å². The quantitative estimate of drug-likeness (QED) is 0.730. The van der Waals surface area contributed by atoms with Crippen LogP contribution in [0.1, 0.15) is 19.3 Å². The minimum Gasteiger partial charge on any atom is -0.317 e. The lowest BCUT2D eigenvalue weighted by Crippen LogP contribution is -2.42. The van der Waals surface area contributed by atoms with Gasteiger partial charge in [-0.15, -0.1) is 0 Å². The van der Waals surface area contributed by atoms with Gasteiger partial charge in [0.15, 0.2) is 0 Å². The van der Waals surface area contributed by atoms with Crippen LogP contribution in [0.25, 0.3) is 0 Å². The number of nitrogens with one attached hydrogen (secondary N) is 1. The minimum atomic E-state index is -2.12. The van der Waals surface area contributed by atoms with Gasteiger partial charge in [-0.3, -0.25) is 4.90 Å². The van der Waals surface area contributed by atoms with Crippen molar-refractivity contribution in [2.45, 2.75) is 31.7 Å². The maximum absolute atomic E-state index is 12.4. The first-order chi connectivity index (χ1) is 6.77. The summed E-state index contributed by atoms with van der Waals surface area (Å²) in [5, 5.41) is 3.30. The lowest BCUT2D eigenvalue weighted by molar-refractivity contribution is 0.0751. The SMILES string of the molecule is FC(F)[C@@H]1CCN(C2CCNCC2)C1. The maximum atomic E-state index is 12.4. The van der Waals surface area contributed by atoms with Crippen molar-refractivity contribution in [2.24, 2.45) is 5.92 Å². The molecule has 0 aromatic rings. The third kappa shape index (κ3) is 2.23. The molecule has 2 saturated heterocycles. The molecule has 2 nitrogen and oxygen atoms in total. The molecule has 0 aromatic heterocycles. The molecule has 2 aliphatic heterocycles. The van der Waals surface area contributed by atoms with Crippen LogP contribution in [-0.4, -0.2) is 43.5 Å². The number of hydrogen-bond donors (Lipinski definition) is 1. The van der Waals surface area contributed by atoms with Crippen LogP contribution >= 0.6 is 0 Å². The van der Waals surface area contributed by atoms with Crippen molar-refractivity contribution in [2.75, 3.05) is 26.2 Å². The molecule has 0 radical (unpaired) electrons. The lowest BCUT2D eigenvalue weighted by atomic mass is 10.1. The Hall–Kier alpha value is -0.220. The van der Waals surface area contributed by atoms with Crippen molar-refractivity contribution in [1.82, 2.24) is 10.2 Å². The summed E-state index contributed by atoms with van der Waals surface area (Å²) in [6.07, 6.45) is 0.801. The molecule has 0 aromatic carbocycles. The second-order valence-corrected chi connectivity index (χ2v) is 4.36. The second kappa shape index (κ2) is 4.53. The molecule has 82 valence electrons. The first kappa shape index (κ1) is 10.3. The number of likely N-dealkylation sites (tertiary alicyclic amines) is 1. The Kier molecular flexibility index (Phi) is 3.34. The van der Waals surface area contributed by atoms with Gasteiger partial charge < -0.3 is 5.32 Å². The van der Waals surface area contributed by atoms with Crippen LogP contribution in [0.3, 0.4) is 0 Å². The standard InChI is InChI=1S/C10H18F2N2/c11-10(12)8-3-6-14(7-8)9-1-4-13-5-2-9/h8-10,13H,1-7H2/t8-/m1/s1. The number of rotatable bonds is 2. The van der Waals surface area contributed by atoms with Crippen LogP contribution < -0.4 is 5.32 Å². The van der Waals surface area contributed by atoms with Crippen molar-refractivity contribution >= 4 is 0 Å². The molecule has 0 aliphatic carbocycles. The Morgan fingerprint density at radius 3 is 2.43 bits per heavy atom. The van der Waals surface area contributed by atoms with E-state index in [1.54, 1.807) is 0 Å². The number of piperidine rings is 1. The average molecular weight is 204 g/mol. The highest BCUT2D eigenvalue weighted by atomic mass is 19.3. The van der Waals surface area contributed by atoms with Gasteiger partial charge in [0.2, 0.25) is 6.43 Å². The lowest BCUT2D eigenvalue weighted by Gasteiger charge is -2.31. The van der Waals surface area contributed by atoms with Crippen molar-refractivity contribution in [3.63, 3.8) is 0 Å². The van der Waals surface area contributed by atoms with E-state index in [9.17, 15) is 8.78 Å². The van der Waals surface area contributed by atoms with E-state index in [2.05, 4.69) is 10.2 Å². The van der Waals surface area contributed by atoms with E-state index in [0.29, 0.717) is 19.0 Å². The normalized spacial score (nSPS) is 31.5. The third-order valence-electron chi connectivity index (χ3n) is 3.44. The van der Waals surface area contributed by atoms with E-state index in [1.807, 2.05) is 0 Å².